The van der Waals surface area contributed by atoms with Crippen molar-refractivity contribution < 1.29 is 10.2 Å². The first-order chi connectivity index (χ1) is 5.20. The van der Waals surface area contributed by atoms with E-state index in [4.69, 9.17) is 10.2 Å². The van der Waals surface area contributed by atoms with Crippen molar-refractivity contribution in [2.45, 2.75) is 0 Å². The Morgan fingerprint density at radius 3 is 2.55 bits per heavy atom. The fraction of sp³-hybridized carbons (Fsp3) is 0.500. The van der Waals surface area contributed by atoms with E-state index in [2.05, 4.69) is 13.2 Å². The zero-order chi connectivity index (χ0) is 8.69. The van der Waals surface area contributed by atoms with Crippen LogP contribution in [0.25, 0.3) is 0 Å². The Morgan fingerprint density at radius 1 is 1.55 bits per heavy atom. The van der Waals surface area contributed by atoms with E-state index in [0.717, 1.165) is 0 Å². The molecule has 0 aromatic heterocycles. The standard InChI is InChI=1S/C8H15NO2/c1-3-4-9(5-6-10)7-8(2)11/h3,10-11H,1-2,4-7H2. The van der Waals surface area contributed by atoms with E-state index in [1.807, 2.05) is 4.90 Å². The van der Waals surface area contributed by atoms with Crippen LogP contribution in [0.15, 0.2) is 25.0 Å². The molecule has 3 nitrogen and oxygen atoms in total. The van der Waals surface area contributed by atoms with Crippen LogP contribution in [0.4, 0.5) is 0 Å². The Bertz CT molecular complexity index is 134. The first-order valence-electron chi connectivity index (χ1n) is 3.51. The Hall–Kier alpha value is -0.800. The van der Waals surface area contributed by atoms with E-state index in [1.165, 1.54) is 0 Å². The molecule has 0 atom stereocenters. The third kappa shape index (κ3) is 5.63. The van der Waals surface area contributed by atoms with Gasteiger partial charge >= 0.3 is 0 Å². The molecule has 0 rings (SSSR count). The molecule has 0 fully saturated rings. The molecule has 0 saturated heterocycles. The van der Waals surface area contributed by atoms with Crippen LogP contribution in [0.1, 0.15) is 0 Å². The molecule has 0 spiro atoms. The van der Waals surface area contributed by atoms with Gasteiger partial charge in [0.05, 0.1) is 18.9 Å². The highest BCUT2D eigenvalue weighted by Gasteiger charge is 2.01. The largest absolute Gasteiger partial charge is 0.512 e. The molecule has 3 heteroatoms. The predicted octanol–water partition coefficient (Wildman–Crippen LogP) is 0.538. The second-order valence-corrected chi connectivity index (χ2v) is 2.31. The van der Waals surface area contributed by atoms with Gasteiger partial charge in [-0.3, -0.25) is 4.90 Å². The monoisotopic (exact) mass is 157 g/mol. The van der Waals surface area contributed by atoms with Crippen LogP contribution >= 0.6 is 0 Å². The average molecular weight is 157 g/mol. The van der Waals surface area contributed by atoms with Gasteiger partial charge in [0.1, 0.15) is 0 Å². The zero-order valence-corrected chi connectivity index (χ0v) is 6.66. The second kappa shape index (κ2) is 5.95. The minimum Gasteiger partial charge on any atom is -0.512 e. The minimum absolute atomic E-state index is 0.0844. The van der Waals surface area contributed by atoms with Gasteiger partial charge in [-0.1, -0.05) is 12.7 Å². The molecular formula is C8H15NO2. The summed E-state index contributed by atoms with van der Waals surface area (Å²) in [7, 11) is 0. The van der Waals surface area contributed by atoms with Crippen LogP contribution in [-0.4, -0.2) is 41.4 Å². The summed E-state index contributed by atoms with van der Waals surface area (Å²) in [5.74, 6) is 0.111. The molecule has 0 amide bonds. The van der Waals surface area contributed by atoms with E-state index in [1.54, 1.807) is 6.08 Å². The highest BCUT2D eigenvalue weighted by molar-refractivity contribution is 4.86. The Kier molecular flexibility index (Phi) is 5.51. The molecule has 0 aliphatic rings. The van der Waals surface area contributed by atoms with E-state index in [-0.39, 0.29) is 12.4 Å². The molecule has 0 aliphatic heterocycles. The summed E-state index contributed by atoms with van der Waals surface area (Å²) >= 11 is 0. The third-order valence-electron chi connectivity index (χ3n) is 1.21. The lowest BCUT2D eigenvalue weighted by molar-refractivity contribution is 0.202. The maximum absolute atomic E-state index is 8.82. The number of hydrogen-bond donors (Lipinski definition) is 2. The fourth-order valence-corrected chi connectivity index (χ4v) is 0.817. The van der Waals surface area contributed by atoms with Crippen molar-refractivity contribution in [2.75, 3.05) is 26.2 Å². The summed E-state index contributed by atoms with van der Waals surface area (Å²) in [4.78, 5) is 1.84. The lowest BCUT2D eigenvalue weighted by Gasteiger charge is -2.17. The van der Waals surface area contributed by atoms with Gasteiger partial charge in [0.2, 0.25) is 0 Å². The first-order valence-corrected chi connectivity index (χ1v) is 3.51. The molecule has 0 radical (unpaired) electrons. The smallest absolute Gasteiger partial charge is 0.0991 e. The summed E-state index contributed by atoms with van der Waals surface area (Å²) in [6.07, 6.45) is 1.72. The molecular weight excluding hydrogens is 142 g/mol. The third-order valence-corrected chi connectivity index (χ3v) is 1.21. The van der Waals surface area contributed by atoms with Crippen molar-refractivity contribution in [2.24, 2.45) is 0 Å². The van der Waals surface area contributed by atoms with Gasteiger partial charge in [0, 0.05) is 13.1 Å². The number of nitrogens with zero attached hydrogens (tertiary/aromatic N) is 1. The van der Waals surface area contributed by atoms with Crippen molar-refractivity contribution in [1.29, 1.82) is 0 Å². The van der Waals surface area contributed by atoms with Crippen LogP contribution < -0.4 is 0 Å². The van der Waals surface area contributed by atoms with Crippen LogP contribution in [0.2, 0.25) is 0 Å². The molecule has 11 heavy (non-hydrogen) atoms. The second-order valence-electron chi connectivity index (χ2n) is 2.31. The summed E-state index contributed by atoms with van der Waals surface area (Å²) in [5.41, 5.74) is 0. The summed E-state index contributed by atoms with van der Waals surface area (Å²) in [6.45, 7) is 8.58. The SMILES string of the molecule is C=CCN(CCO)CC(=C)O. The Labute approximate surface area is 67.3 Å². The molecule has 64 valence electrons. The van der Waals surface area contributed by atoms with E-state index < -0.39 is 0 Å². The van der Waals surface area contributed by atoms with Gasteiger partial charge in [-0.15, -0.1) is 6.58 Å². The number of aliphatic hydroxyl groups excluding tert-OH is 2. The van der Waals surface area contributed by atoms with Gasteiger partial charge in [-0.05, 0) is 0 Å². The maximum atomic E-state index is 8.82. The number of aliphatic hydroxyl groups is 2. The molecule has 0 aliphatic carbocycles. The fourth-order valence-electron chi connectivity index (χ4n) is 0.817. The Balaban J connectivity index is 3.67. The molecule has 0 bridgehead atoms. The van der Waals surface area contributed by atoms with Crippen molar-refractivity contribution >= 4 is 0 Å². The summed E-state index contributed by atoms with van der Waals surface area (Å²) in [5, 5.41) is 17.4. The predicted molar refractivity (Wildman–Crippen MR) is 45.5 cm³/mol. The zero-order valence-electron chi connectivity index (χ0n) is 6.66. The number of rotatable bonds is 6. The number of hydrogen-bond acceptors (Lipinski definition) is 3. The van der Waals surface area contributed by atoms with E-state index in [0.29, 0.717) is 19.6 Å². The summed E-state index contributed by atoms with van der Waals surface area (Å²) in [6, 6.07) is 0. The van der Waals surface area contributed by atoms with Gasteiger partial charge in [-0.2, -0.15) is 0 Å². The molecule has 2 N–H and O–H groups in total. The van der Waals surface area contributed by atoms with Crippen LogP contribution in [-0.2, 0) is 0 Å². The average Bonchev–Trinajstić information content (AvgIpc) is 1.87. The molecule has 0 aromatic rings. The Morgan fingerprint density at radius 2 is 2.18 bits per heavy atom. The molecule has 0 saturated carbocycles. The molecule has 0 heterocycles. The quantitative estimate of drug-likeness (QED) is 0.437. The van der Waals surface area contributed by atoms with Gasteiger partial charge in [-0.25, -0.2) is 0 Å². The first kappa shape index (κ1) is 10.2. The lowest BCUT2D eigenvalue weighted by atomic mass is 10.4. The topological polar surface area (TPSA) is 43.7 Å². The normalized spacial score (nSPS) is 10.0. The van der Waals surface area contributed by atoms with Gasteiger partial charge in [0.15, 0.2) is 0 Å². The minimum atomic E-state index is 0.0844. The van der Waals surface area contributed by atoms with Crippen LogP contribution in [0.3, 0.4) is 0 Å². The lowest BCUT2D eigenvalue weighted by Crippen LogP contribution is -2.28. The molecule has 0 aromatic carbocycles. The van der Waals surface area contributed by atoms with E-state index in [9.17, 15) is 0 Å². The molecule has 0 unspecified atom stereocenters. The summed E-state index contributed by atoms with van der Waals surface area (Å²) < 4.78 is 0. The van der Waals surface area contributed by atoms with Crippen LogP contribution in [0, 0.1) is 0 Å². The van der Waals surface area contributed by atoms with E-state index >= 15 is 0 Å². The van der Waals surface area contributed by atoms with Crippen LogP contribution in [0.5, 0.6) is 0 Å². The highest BCUT2D eigenvalue weighted by atomic mass is 16.3. The van der Waals surface area contributed by atoms with Crippen molar-refractivity contribution in [1.82, 2.24) is 4.90 Å². The van der Waals surface area contributed by atoms with Crippen molar-refractivity contribution in [3.63, 3.8) is 0 Å². The van der Waals surface area contributed by atoms with Gasteiger partial charge < -0.3 is 10.2 Å². The van der Waals surface area contributed by atoms with Crippen molar-refractivity contribution in [3.05, 3.63) is 25.0 Å². The maximum Gasteiger partial charge on any atom is 0.0991 e. The van der Waals surface area contributed by atoms with Crippen molar-refractivity contribution in [3.8, 4) is 0 Å². The van der Waals surface area contributed by atoms with Gasteiger partial charge in [0.25, 0.3) is 0 Å². The highest BCUT2D eigenvalue weighted by Crippen LogP contribution is 1.92.